The summed E-state index contributed by atoms with van der Waals surface area (Å²) in [6.45, 7) is 3.38. The number of aryl methyl sites for hydroxylation is 1. The van der Waals surface area contributed by atoms with Gasteiger partial charge in [0.05, 0.1) is 19.3 Å². The Morgan fingerprint density at radius 1 is 1.52 bits per heavy atom. The Labute approximate surface area is 121 Å². The molecule has 0 saturated carbocycles. The molecule has 110 valence electrons. The van der Waals surface area contributed by atoms with Gasteiger partial charge in [-0.1, -0.05) is 6.92 Å². The molecule has 0 radical (unpaired) electrons. The molecule has 3 rings (SSSR count). The van der Waals surface area contributed by atoms with Crippen molar-refractivity contribution in [2.75, 3.05) is 19.7 Å². The predicted molar refractivity (Wildman–Crippen MR) is 72.4 cm³/mol. The highest BCUT2D eigenvalue weighted by Crippen LogP contribution is 2.20. The molecule has 1 amide bonds. The van der Waals surface area contributed by atoms with Crippen molar-refractivity contribution in [3.8, 4) is 0 Å². The Kier molecular flexibility index (Phi) is 3.87. The number of H-pyrrole nitrogens is 1. The number of nitrogens with zero attached hydrogens (tertiary/aromatic N) is 5. The van der Waals surface area contributed by atoms with Crippen LogP contribution in [0.5, 0.6) is 0 Å². The molecule has 0 spiro atoms. The van der Waals surface area contributed by atoms with Crippen molar-refractivity contribution in [3.05, 3.63) is 35.9 Å². The zero-order valence-electron chi connectivity index (χ0n) is 11.7. The minimum Gasteiger partial charge on any atom is -0.366 e. The SMILES string of the molecule is CCc1nc([C@H]2CN(C(=O)c3cnccn3)CCO2)n[nH]1. The van der Waals surface area contributed by atoms with Gasteiger partial charge in [-0.3, -0.25) is 14.9 Å². The molecule has 8 nitrogen and oxygen atoms in total. The minimum atomic E-state index is -0.309. The zero-order chi connectivity index (χ0) is 14.7. The second-order valence-corrected chi connectivity index (χ2v) is 4.70. The second kappa shape index (κ2) is 5.96. The van der Waals surface area contributed by atoms with Crippen LogP contribution in [0.3, 0.4) is 0 Å². The van der Waals surface area contributed by atoms with Crippen molar-refractivity contribution >= 4 is 5.91 Å². The molecule has 1 N–H and O–H groups in total. The van der Waals surface area contributed by atoms with E-state index >= 15 is 0 Å². The molecule has 21 heavy (non-hydrogen) atoms. The van der Waals surface area contributed by atoms with Crippen molar-refractivity contribution in [3.63, 3.8) is 0 Å². The van der Waals surface area contributed by atoms with E-state index in [1.807, 2.05) is 6.92 Å². The Morgan fingerprint density at radius 3 is 3.14 bits per heavy atom. The number of rotatable bonds is 3. The number of nitrogens with one attached hydrogen (secondary N) is 1. The van der Waals surface area contributed by atoms with Crippen LogP contribution in [-0.4, -0.2) is 55.7 Å². The van der Waals surface area contributed by atoms with Crippen LogP contribution in [0.15, 0.2) is 18.6 Å². The fraction of sp³-hybridized carbons (Fsp3) is 0.462. The van der Waals surface area contributed by atoms with Crippen LogP contribution < -0.4 is 0 Å². The molecule has 1 aliphatic heterocycles. The van der Waals surface area contributed by atoms with Gasteiger partial charge in [0.25, 0.3) is 5.91 Å². The van der Waals surface area contributed by atoms with E-state index in [0.29, 0.717) is 31.2 Å². The third kappa shape index (κ3) is 2.89. The molecule has 1 fully saturated rings. The Hall–Kier alpha value is -2.35. The zero-order valence-corrected chi connectivity index (χ0v) is 11.7. The van der Waals surface area contributed by atoms with Crippen LogP contribution in [0.1, 0.15) is 35.2 Å². The molecule has 0 aliphatic carbocycles. The van der Waals surface area contributed by atoms with Gasteiger partial charge in [0.15, 0.2) is 5.82 Å². The van der Waals surface area contributed by atoms with Crippen LogP contribution in [0.2, 0.25) is 0 Å². The average Bonchev–Trinajstić information content (AvgIpc) is 3.04. The molecule has 0 unspecified atom stereocenters. The summed E-state index contributed by atoms with van der Waals surface area (Å²) in [5, 5.41) is 7.01. The minimum absolute atomic E-state index is 0.150. The lowest BCUT2D eigenvalue weighted by atomic mass is 10.2. The van der Waals surface area contributed by atoms with Gasteiger partial charge >= 0.3 is 0 Å². The van der Waals surface area contributed by atoms with E-state index < -0.39 is 0 Å². The number of aromatic nitrogens is 5. The highest BCUT2D eigenvalue weighted by atomic mass is 16.5. The Bertz CT molecular complexity index is 614. The summed E-state index contributed by atoms with van der Waals surface area (Å²) in [5.41, 5.74) is 0.336. The molecule has 1 atom stereocenters. The van der Waals surface area contributed by atoms with E-state index in [0.717, 1.165) is 12.2 Å². The lowest BCUT2D eigenvalue weighted by Gasteiger charge is -2.31. The maximum absolute atomic E-state index is 12.4. The van der Waals surface area contributed by atoms with Crippen molar-refractivity contribution < 1.29 is 9.53 Å². The number of amides is 1. The third-order valence-corrected chi connectivity index (χ3v) is 3.31. The largest absolute Gasteiger partial charge is 0.366 e. The molecule has 0 bridgehead atoms. The molecule has 1 aliphatic rings. The molecular weight excluding hydrogens is 272 g/mol. The first-order chi connectivity index (χ1) is 10.3. The number of carbonyl (C=O) groups is 1. The Morgan fingerprint density at radius 2 is 2.43 bits per heavy atom. The maximum atomic E-state index is 12.4. The smallest absolute Gasteiger partial charge is 0.274 e. The molecule has 0 aromatic carbocycles. The number of aromatic amines is 1. The first kappa shape index (κ1) is 13.6. The molecule has 2 aromatic rings. The van der Waals surface area contributed by atoms with Gasteiger partial charge in [0, 0.05) is 25.4 Å². The van der Waals surface area contributed by atoms with E-state index in [1.54, 1.807) is 11.1 Å². The quantitative estimate of drug-likeness (QED) is 0.876. The van der Waals surface area contributed by atoms with Gasteiger partial charge in [-0.25, -0.2) is 9.97 Å². The van der Waals surface area contributed by atoms with Gasteiger partial charge < -0.3 is 9.64 Å². The van der Waals surface area contributed by atoms with E-state index in [1.165, 1.54) is 12.4 Å². The first-order valence-corrected chi connectivity index (χ1v) is 6.86. The number of ether oxygens (including phenoxy) is 1. The van der Waals surface area contributed by atoms with Gasteiger partial charge in [0.1, 0.15) is 17.6 Å². The van der Waals surface area contributed by atoms with Crippen LogP contribution in [-0.2, 0) is 11.2 Å². The van der Waals surface area contributed by atoms with E-state index in [4.69, 9.17) is 4.74 Å². The number of hydrogen-bond acceptors (Lipinski definition) is 6. The fourth-order valence-corrected chi connectivity index (χ4v) is 2.17. The molecule has 8 heteroatoms. The number of morpholine rings is 1. The topological polar surface area (TPSA) is 96.9 Å². The average molecular weight is 288 g/mol. The van der Waals surface area contributed by atoms with Crippen molar-refractivity contribution in [2.24, 2.45) is 0 Å². The summed E-state index contributed by atoms with van der Waals surface area (Å²) in [6, 6.07) is 0. The Balaban J connectivity index is 1.72. The standard InChI is InChI=1S/C13H16N6O2/c1-2-11-16-12(18-17-11)10-8-19(5-6-21-10)13(20)9-7-14-3-4-15-9/h3-4,7,10H,2,5-6,8H2,1H3,(H,16,17,18)/t10-/m1/s1. The highest BCUT2D eigenvalue weighted by molar-refractivity contribution is 5.92. The fourth-order valence-electron chi connectivity index (χ4n) is 2.17. The summed E-state index contributed by atoms with van der Waals surface area (Å²) in [6.07, 6.45) is 4.99. The summed E-state index contributed by atoms with van der Waals surface area (Å²) >= 11 is 0. The van der Waals surface area contributed by atoms with E-state index in [-0.39, 0.29) is 12.0 Å². The predicted octanol–water partition coefficient (Wildman–Crippen LogP) is 0.371. The lowest BCUT2D eigenvalue weighted by molar-refractivity contribution is -0.0268. The summed E-state index contributed by atoms with van der Waals surface area (Å²) in [7, 11) is 0. The third-order valence-electron chi connectivity index (χ3n) is 3.31. The van der Waals surface area contributed by atoms with Crippen LogP contribution >= 0.6 is 0 Å². The first-order valence-electron chi connectivity index (χ1n) is 6.86. The number of hydrogen-bond donors (Lipinski definition) is 1. The van der Waals surface area contributed by atoms with Crippen molar-refractivity contribution in [1.82, 2.24) is 30.0 Å². The molecule has 2 aromatic heterocycles. The lowest BCUT2D eigenvalue weighted by Crippen LogP contribution is -2.42. The monoisotopic (exact) mass is 288 g/mol. The van der Waals surface area contributed by atoms with Gasteiger partial charge in [0.2, 0.25) is 0 Å². The maximum Gasteiger partial charge on any atom is 0.274 e. The summed E-state index contributed by atoms with van der Waals surface area (Å²) < 4.78 is 5.66. The normalized spacial score (nSPS) is 18.7. The van der Waals surface area contributed by atoms with Crippen LogP contribution in [0, 0.1) is 0 Å². The summed E-state index contributed by atoms with van der Waals surface area (Å²) in [4.78, 5) is 26.4. The van der Waals surface area contributed by atoms with Crippen LogP contribution in [0.4, 0.5) is 0 Å². The molecular formula is C13H16N6O2. The van der Waals surface area contributed by atoms with E-state index in [9.17, 15) is 4.79 Å². The molecule has 1 saturated heterocycles. The second-order valence-electron chi connectivity index (χ2n) is 4.70. The van der Waals surface area contributed by atoms with Crippen molar-refractivity contribution in [1.29, 1.82) is 0 Å². The van der Waals surface area contributed by atoms with E-state index in [2.05, 4.69) is 25.1 Å². The van der Waals surface area contributed by atoms with Gasteiger partial charge in [-0.15, -0.1) is 0 Å². The number of carbonyl (C=O) groups excluding carboxylic acids is 1. The van der Waals surface area contributed by atoms with Gasteiger partial charge in [-0.05, 0) is 0 Å². The van der Waals surface area contributed by atoms with Crippen molar-refractivity contribution in [2.45, 2.75) is 19.4 Å². The van der Waals surface area contributed by atoms with Gasteiger partial charge in [-0.2, -0.15) is 5.10 Å². The summed E-state index contributed by atoms with van der Waals surface area (Å²) in [5.74, 6) is 1.25. The highest BCUT2D eigenvalue weighted by Gasteiger charge is 2.29. The van der Waals surface area contributed by atoms with Crippen LogP contribution in [0.25, 0.3) is 0 Å². The molecule has 3 heterocycles.